The summed E-state index contributed by atoms with van der Waals surface area (Å²) in [5.41, 5.74) is 0.726. The largest absolute Gasteiger partial charge is 0.497 e. The maximum absolute atomic E-state index is 12.7. The van der Waals surface area contributed by atoms with Gasteiger partial charge in [0.25, 0.3) is 5.91 Å². The Morgan fingerprint density at radius 3 is 2.56 bits per heavy atom. The van der Waals surface area contributed by atoms with Gasteiger partial charge < -0.3 is 19.1 Å². The molecule has 0 N–H and O–H groups in total. The second kappa shape index (κ2) is 10.2. The average Bonchev–Trinajstić information content (AvgIpc) is 2.71. The van der Waals surface area contributed by atoms with Crippen molar-refractivity contribution < 1.29 is 23.8 Å². The minimum atomic E-state index is -0.459. The molecule has 144 valence electrons. The second-order valence-electron chi connectivity index (χ2n) is 5.99. The van der Waals surface area contributed by atoms with Gasteiger partial charge in [-0.3, -0.25) is 14.6 Å². The van der Waals surface area contributed by atoms with E-state index in [0.717, 1.165) is 5.69 Å². The number of hydrogen-bond acceptors (Lipinski definition) is 6. The number of aromatic nitrogens is 1. The number of hydrogen-bond donors (Lipinski definition) is 0. The van der Waals surface area contributed by atoms with Crippen LogP contribution in [-0.2, 0) is 20.9 Å². The highest BCUT2D eigenvalue weighted by Crippen LogP contribution is 2.19. The second-order valence-corrected chi connectivity index (χ2v) is 5.99. The number of nitrogens with zero attached hydrogens (tertiary/aromatic N) is 2. The number of carbonyl (C=O) groups excluding carboxylic acids is 2. The topological polar surface area (TPSA) is 78.0 Å². The van der Waals surface area contributed by atoms with Crippen LogP contribution in [0, 0.1) is 5.92 Å². The Bertz CT molecular complexity index is 751. The van der Waals surface area contributed by atoms with E-state index < -0.39 is 5.92 Å². The van der Waals surface area contributed by atoms with Crippen LogP contribution in [0.1, 0.15) is 12.6 Å². The third kappa shape index (κ3) is 6.29. The van der Waals surface area contributed by atoms with Gasteiger partial charge in [0.2, 0.25) is 0 Å². The minimum Gasteiger partial charge on any atom is -0.497 e. The predicted molar refractivity (Wildman–Crippen MR) is 99.3 cm³/mol. The maximum atomic E-state index is 12.7. The van der Waals surface area contributed by atoms with Crippen molar-refractivity contribution in [2.24, 2.45) is 5.92 Å². The lowest BCUT2D eigenvalue weighted by Gasteiger charge is -2.25. The highest BCUT2D eigenvalue weighted by Gasteiger charge is 2.22. The molecule has 1 amide bonds. The Labute approximate surface area is 158 Å². The van der Waals surface area contributed by atoms with Crippen LogP contribution in [-0.4, -0.2) is 49.1 Å². The molecule has 0 aliphatic heterocycles. The van der Waals surface area contributed by atoms with Crippen LogP contribution >= 0.6 is 0 Å². The number of esters is 1. The van der Waals surface area contributed by atoms with E-state index in [0.29, 0.717) is 11.5 Å². The molecule has 0 fully saturated rings. The fraction of sp³-hybridized carbons (Fsp3) is 0.350. The van der Waals surface area contributed by atoms with Gasteiger partial charge in [-0.15, -0.1) is 0 Å². The maximum Gasteiger partial charge on any atom is 0.310 e. The molecule has 0 saturated heterocycles. The lowest BCUT2D eigenvalue weighted by Crippen LogP contribution is -2.39. The van der Waals surface area contributed by atoms with E-state index in [9.17, 15) is 9.59 Å². The van der Waals surface area contributed by atoms with E-state index >= 15 is 0 Å². The van der Waals surface area contributed by atoms with Crippen LogP contribution in [0.15, 0.2) is 48.7 Å². The molecule has 1 aromatic heterocycles. The lowest BCUT2D eigenvalue weighted by molar-refractivity contribution is -0.147. The van der Waals surface area contributed by atoms with Gasteiger partial charge in [-0.05, 0) is 24.3 Å². The lowest BCUT2D eigenvalue weighted by atomic mass is 10.1. The number of pyridine rings is 1. The number of amides is 1. The first-order valence-corrected chi connectivity index (χ1v) is 8.56. The first kappa shape index (κ1) is 20.2. The van der Waals surface area contributed by atoms with Crippen LogP contribution < -0.4 is 9.47 Å². The van der Waals surface area contributed by atoms with Crippen molar-refractivity contribution in [3.63, 3.8) is 0 Å². The molecule has 0 spiro atoms. The van der Waals surface area contributed by atoms with Gasteiger partial charge in [0.15, 0.2) is 6.61 Å². The number of ether oxygens (including phenoxy) is 3. The third-order valence-corrected chi connectivity index (χ3v) is 3.93. The number of carbonyl (C=O) groups is 2. The number of benzene rings is 1. The van der Waals surface area contributed by atoms with Crippen molar-refractivity contribution in [2.45, 2.75) is 13.5 Å². The van der Waals surface area contributed by atoms with Crippen LogP contribution in [0.3, 0.4) is 0 Å². The van der Waals surface area contributed by atoms with Gasteiger partial charge in [-0.1, -0.05) is 19.1 Å². The smallest absolute Gasteiger partial charge is 0.310 e. The van der Waals surface area contributed by atoms with E-state index in [1.165, 1.54) is 7.11 Å². The number of rotatable bonds is 9. The van der Waals surface area contributed by atoms with Crippen LogP contribution in [0.4, 0.5) is 0 Å². The van der Waals surface area contributed by atoms with E-state index in [1.54, 1.807) is 55.5 Å². The first-order valence-electron chi connectivity index (χ1n) is 8.56. The quantitative estimate of drug-likeness (QED) is 0.629. The zero-order valence-corrected chi connectivity index (χ0v) is 15.8. The summed E-state index contributed by atoms with van der Waals surface area (Å²) in [7, 11) is 2.89. The molecule has 0 radical (unpaired) electrons. The highest BCUT2D eigenvalue weighted by molar-refractivity contribution is 5.79. The molecule has 1 unspecified atom stereocenters. The summed E-state index contributed by atoms with van der Waals surface area (Å²) in [6, 6.07) is 12.5. The summed E-state index contributed by atoms with van der Waals surface area (Å²) in [6.07, 6.45) is 1.66. The van der Waals surface area contributed by atoms with Crippen molar-refractivity contribution in [3.05, 3.63) is 54.4 Å². The minimum absolute atomic E-state index is 0.159. The molecule has 1 atom stereocenters. The van der Waals surface area contributed by atoms with Gasteiger partial charge in [-0.2, -0.15) is 0 Å². The molecule has 7 heteroatoms. The predicted octanol–water partition coefficient (Wildman–Crippen LogP) is 2.31. The molecule has 7 nitrogen and oxygen atoms in total. The Morgan fingerprint density at radius 1 is 1.11 bits per heavy atom. The van der Waals surface area contributed by atoms with Crippen molar-refractivity contribution in [2.75, 3.05) is 27.4 Å². The Kier molecular flexibility index (Phi) is 7.61. The van der Waals surface area contributed by atoms with Gasteiger partial charge in [-0.25, -0.2) is 0 Å². The van der Waals surface area contributed by atoms with Crippen LogP contribution in [0.25, 0.3) is 0 Å². The van der Waals surface area contributed by atoms with Gasteiger partial charge >= 0.3 is 5.97 Å². The standard InChI is InChI=1S/C20H24N2O5/c1-15(20(24)26-3)12-22(13-16-7-4-5-10-21-16)19(23)14-27-18-9-6-8-17(11-18)25-2/h4-11,15H,12-14H2,1-3H3. The Morgan fingerprint density at radius 2 is 1.89 bits per heavy atom. The molecule has 27 heavy (non-hydrogen) atoms. The summed E-state index contributed by atoms with van der Waals surface area (Å²) in [6.45, 7) is 2.05. The molecule has 0 aliphatic carbocycles. The van der Waals surface area contributed by atoms with Crippen molar-refractivity contribution in [1.82, 2.24) is 9.88 Å². The summed E-state index contributed by atoms with van der Waals surface area (Å²) >= 11 is 0. The monoisotopic (exact) mass is 372 g/mol. The van der Waals surface area contributed by atoms with Crippen molar-refractivity contribution >= 4 is 11.9 Å². The van der Waals surface area contributed by atoms with Gasteiger partial charge in [0.1, 0.15) is 11.5 Å². The molecule has 0 aliphatic rings. The number of methoxy groups -OCH3 is 2. The average molecular weight is 372 g/mol. The SMILES string of the molecule is COC(=O)C(C)CN(Cc1ccccn1)C(=O)COc1cccc(OC)c1. The van der Waals surface area contributed by atoms with E-state index in [2.05, 4.69) is 4.98 Å². The first-order chi connectivity index (χ1) is 13.0. The molecular formula is C20H24N2O5. The summed E-state index contributed by atoms with van der Waals surface area (Å²) in [5, 5.41) is 0. The van der Waals surface area contributed by atoms with Gasteiger partial charge in [0, 0.05) is 18.8 Å². The fourth-order valence-corrected chi connectivity index (χ4v) is 2.48. The zero-order chi connectivity index (χ0) is 19.6. The van der Waals surface area contributed by atoms with Crippen molar-refractivity contribution in [1.29, 1.82) is 0 Å². The highest BCUT2D eigenvalue weighted by atomic mass is 16.5. The Balaban J connectivity index is 2.05. The molecule has 0 bridgehead atoms. The molecule has 2 aromatic rings. The molecule has 2 rings (SSSR count). The fourth-order valence-electron chi connectivity index (χ4n) is 2.48. The normalized spacial score (nSPS) is 11.4. The van der Waals surface area contributed by atoms with E-state index in [-0.39, 0.29) is 31.6 Å². The van der Waals surface area contributed by atoms with E-state index in [1.807, 2.05) is 12.1 Å². The van der Waals surface area contributed by atoms with Gasteiger partial charge in [0.05, 0.1) is 32.4 Å². The van der Waals surface area contributed by atoms with Crippen LogP contribution in [0.2, 0.25) is 0 Å². The van der Waals surface area contributed by atoms with Crippen molar-refractivity contribution in [3.8, 4) is 11.5 Å². The third-order valence-electron chi connectivity index (χ3n) is 3.93. The zero-order valence-electron chi connectivity index (χ0n) is 15.8. The summed E-state index contributed by atoms with van der Waals surface area (Å²) in [4.78, 5) is 30.3. The Hall–Kier alpha value is -3.09. The molecule has 1 heterocycles. The molecule has 1 aromatic carbocycles. The molecular weight excluding hydrogens is 348 g/mol. The van der Waals surface area contributed by atoms with E-state index in [4.69, 9.17) is 14.2 Å². The summed E-state index contributed by atoms with van der Waals surface area (Å²) < 4.78 is 15.5. The molecule has 0 saturated carbocycles. The van der Waals surface area contributed by atoms with Crippen LogP contribution in [0.5, 0.6) is 11.5 Å². The summed E-state index contributed by atoms with van der Waals surface area (Å²) in [5.74, 6) is 0.0901.